The van der Waals surface area contributed by atoms with E-state index in [9.17, 15) is 0 Å². The standard InChI is InChI=1S/C17H30N4/c1-15(2)21(14-16-4-6-17(18)7-5-16)13-12-20-10-8-19(3)9-11-20/h4-7,15H,8-14,18H2,1-3H3. The number of likely N-dealkylation sites (N-methyl/N-ethyl adjacent to an activating group) is 1. The molecule has 1 heterocycles. The summed E-state index contributed by atoms with van der Waals surface area (Å²) in [7, 11) is 2.21. The summed E-state index contributed by atoms with van der Waals surface area (Å²) in [6, 6.07) is 8.83. The fraction of sp³-hybridized carbons (Fsp3) is 0.647. The van der Waals surface area contributed by atoms with Crippen molar-refractivity contribution < 1.29 is 0 Å². The van der Waals surface area contributed by atoms with E-state index in [1.54, 1.807) is 0 Å². The van der Waals surface area contributed by atoms with E-state index >= 15 is 0 Å². The minimum Gasteiger partial charge on any atom is -0.399 e. The molecule has 1 aromatic rings. The van der Waals surface area contributed by atoms with Gasteiger partial charge in [0.2, 0.25) is 0 Å². The van der Waals surface area contributed by atoms with Gasteiger partial charge in [0.05, 0.1) is 0 Å². The lowest BCUT2D eigenvalue weighted by molar-refractivity contribution is 0.122. The number of piperazine rings is 1. The Bertz CT molecular complexity index is 407. The van der Waals surface area contributed by atoms with Crippen molar-refractivity contribution in [2.45, 2.75) is 26.4 Å². The van der Waals surface area contributed by atoms with Crippen molar-refractivity contribution in [1.29, 1.82) is 0 Å². The molecule has 4 nitrogen and oxygen atoms in total. The highest BCUT2D eigenvalue weighted by atomic mass is 15.3. The van der Waals surface area contributed by atoms with Gasteiger partial charge in [-0.05, 0) is 38.6 Å². The zero-order chi connectivity index (χ0) is 15.2. The van der Waals surface area contributed by atoms with Gasteiger partial charge in [-0.2, -0.15) is 0 Å². The van der Waals surface area contributed by atoms with Crippen molar-refractivity contribution in [1.82, 2.24) is 14.7 Å². The second-order valence-electron chi connectivity index (χ2n) is 6.45. The first-order chi connectivity index (χ1) is 10.0. The SMILES string of the molecule is CC(C)N(CCN1CCN(C)CC1)Cc1ccc(N)cc1. The number of nitrogen functional groups attached to an aromatic ring is 1. The number of hydrogen-bond acceptors (Lipinski definition) is 4. The fourth-order valence-corrected chi connectivity index (χ4v) is 2.72. The molecule has 4 heteroatoms. The molecule has 1 aliphatic heterocycles. The summed E-state index contributed by atoms with van der Waals surface area (Å²) in [4.78, 5) is 7.54. The molecule has 0 spiro atoms. The first-order valence-electron chi connectivity index (χ1n) is 8.04. The average Bonchev–Trinajstić information content (AvgIpc) is 2.47. The Morgan fingerprint density at radius 1 is 1.10 bits per heavy atom. The molecular formula is C17H30N4. The molecule has 1 saturated heterocycles. The lowest BCUT2D eigenvalue weighted by Gasteiger charge is -2.35. The lowest BCUT2D eigenvalue weighted by atomic mass is 10.1. The van der Waals surface area contributed by atoms with Crippen molar-refractivity contribution >= 4 is 5.69 Å². The number of benzene rings is 1. The number of anilines is 1. The average molecular weight is 290 g/mol. The summed E-state index contributed by atoms with van der Waals surface area (Å²) < 4.78 is 0. The van der Waals surface area contributed by atoms with Crippen molar-refractivity contribution in [2.24, 2.45) is 0 Å². The van der Waals surface area contributed by atoms with Crippen LogP contribution in [0, 0.1) is 0 Å². The topological polar surface area (TPSA) is 35.7 Å². The minimum absolute atomic E-state index is 0.565. The van der Waals surface area contributed by atoms with Crippen LogP contribution in [0.25, 0.3) is 0 Å². The number of nitrogens with zero attached hydrogens (tertiary/aromatic N) is 3. The van der Waals surface area contributed by atoms with Gasteiger partial charge in [0.15, 0.2) is 0 Å². The summed E-state index contributed by atoms with van der Waals surface area (Å²) >= 11 is 0. The Labute approximate surface area is 129 Å². The summed E-state index contributed by atoms with van der Waals surface area (Å²) in [6.45, 7) is 12.6. The Balaban J connectivity index is 1.83. The van der Waals surface area contributed by atoms with Crippen LogP contribution in [0.5, 0.6) is 0 Å². The minimum atomic E-state index is 0.565. The Hall–Kier alpha value is -1.10. The molecule has 21 heavy (non-hydrogen) atoms. The Morgan fingerprint density at radius 2 is 1.71 bits per heavy atom. The molecule has 1 fully saturated rings. The molecule has 1 aliphatic rings. The van der Waals surface area contributed by atoms with Crippen molar-refractivity contribution in [3.8, 4) is 0 Å². The van der Waals surface area contributed by atoms with Gasteiger partial charge < -0.3 is 10.6 Å². The molecule has 2 N–H and O–H groups in total. The summed E-state index contributed by atoms with van der Waals surface area (Å²) in [5.41, 5.74) is 7.94. The second kappa shape index (κ2) is 7.78. The highest BCUT2D eigenvalue weighted by Crippen LogP contribution is 2.11. The maximum Gasteiger partial charge on any atom is 0.0314 e. The number of nitrogens with two attached hydrogens (primary N) is 1. The van der Waals surface area contributed by atoms with Crippen LogP contribution in [0.4, 0.5) is 5.69 Å². The zero-order valence-electron chi connectivity index (χ0n) is 13.8. The molecule has 0 unspecified atom stereocenters. The molecule has 0 saturated carbocycles. The highest BCUT2D eigenvalue weighted by Gasteiger charge is 2.16. The fourth-order valence-electron chi connectivity index (χ4n) is 2.72. The molecule has 0 atom stereocenters. The van der Waals surface area contributed by atoms with E-state index in [-0.39, 0.29) is 0 Å². The van der Waals surface area contributed by atoms with Crippen LogP contribution in [-0.4, -0.2) is 67.1 Å². The van der Waals surface area contributed by atoms with E-state index in [2.05, 4.69) is 47.7 Å². The van der Waals surface area contributed by atoms with Crippen LogP contribution in [-0.2, 0) is 6.54 Å². The van der Waals surface area contributed by atoms with Gasteiger partial charge in [-0.15, -0.1) is 0 Å². The third kappa shape index (κ3) is 5.30. The normalized spacial score (nSPS) is 17.8. The van der Waals surface area contributed by atoms with Crippen molar-refractivity contribution in [3.05, 3.63) is 29.8 Å². The van der Waals surface area contributed by atoms with Crippen LogP contribution in [0.3, 0.4) is 0 Å². The van der Waals surface area contributed by atoms with Gasteiger partial charge in [0, 0.05) is 57.5 Å². The molecule has 2 rings (SSSR count). The number of hydrogen-bond donors (Lipinski definition) is 1. The van der Waals surface area contributed by atoms with Crippen LogP contribution in [0.2, 0.25) is 0 Å². The quantitative estimate of drug-likeness (QED) is 0.809. The van der Waals surface area contributed by atoms with E-state index in [0.717, 1.165) is 18.8 Å². The second-order valence-corrected chi connectivity index (χ2v) is 6.45. The molecule has 0 bridgehead atoms. The Kier molecular flexibility index (Phi) is 6.03. The smallest absolute Gasteiger partial charge is 0.0314 e. The summed E-state index contributed by atoms with van der Waals surface area (Å²) in [6.07, 6.45) is 0. The molecular weight excluding hydrogens is 260 g/mol. The maximum absolute atomic E-state index is 5.76. The first-order valence-corrected chi connectivity index (χ1v) is 8.04. The molecule has 0 radical (unpaired) electrons. The predicted molar refractivity (Wildman–Crippen MR) is 90.3 cm³/mol. The molecule has 1 aromatic carbocycles. The van der Waals surface area contributed by atoms with Gasteiger partial charge in [-0.1, -0.05) is 12.1 Å². The lowest BCUT2D eigenvalue weighted by Crippen LogP contribution is -2.47. The largest absolute Gasteiger partial charge is 0.399 e. The van der Waals surface area contributed by atoms with Crippen LogP contribution in [0.1, 0.15) is 19.4 Å². The maximum atomic E-state index is 5.76. The number of rotatable bonds is 6. The van der Waals surface area contributed by atoms with Crippen LogP contribution in [0.15, 0.2) is 24.3 Å². The van der Waals surface area contributed by atoms with Crippen molar-refractivity contribution in [3.63, 3.8) is 0 Å². The summed E-state index contributed by atoms with van der Waals surface area (Å²) in [5, 5.41) is 0. The molecule has 0 aliphatic carbocycles. The van der Waals surface area contributed by atoms with E-state index in [4.69, 9.17) is 5.73 Å². The van der Waals surface area contributed by atoms with Gasteiger partial charge in [0.1, 0.15) is 0 Å². The molecule has 118 valence electrons. The molecule has 0 amide bonds. The first kappa shape index (κ1) is 16.3. The Morgan fingerprint density at radius 3 is 2.29 bits per heavy atom. The van der Waals surface area contributed by atoms with Gasteiger partial charge >= 0.3 is 0 Å². The molecule has 0 aromatic heterocycles. The van der Waals surface area contributed by atoms with E-state index in [1.165, 1.54) is 38.3 Å². The van der Waals surface area contributed by atoms with Crippen LogP contribution >= 0.6 is 0 Å². The van der Waals surface area contributed by atoms with Crippen molar-refractivity contribution in [2.75, 3.05) is 52.0 Å². The summed E-state index contributed by atoms with van der Waals surface area (Å²) in [5.74, 6) is 0. The highest BCUT2D eigenvalue weighted by molar-refractivity contribution is 5.39. The van der Waals surface area contributed by atoms with E-state index in [1.807, 2.05) is 12.1 Å². The van der Waals surface area contributed by atoms with Gasteiger partial charge in [-0.3, -0.25) is 9.80 Å². The van der Waals surface area contributed by atoms with Gasteiger partial charge in [-0.25, -0.2) is 0 Å². The van der Waals surface area contributed by atoms with Gasteiger partial charge in [0.25, 0.3) is 0 Å². The van der Waals surface area contributed by atoms with E-state index in [0.29, 0.717) is 6.04 Å². The van der Waals surface area contributed by atoms with Crippen LogP contribution < -0.4 is 5.73 Å². The predicted octanol–water partition coefficient (Wildman–Crippen LogP) is 1.73. The monoisotopic (exact) mass is 290 g/mol. The van der Waals surface area contributed by atoms with E-state index < -0.39 is 0 Å². The zero-order valence-corrected chi connectivity index (χ0v) is 13.8. The third-order valence-electron chi connectivity index (χ3n) is 4.40. The third-order valence-corrected chi connectivity index (χ3v) is 4.40.